The van der Waals surface area contributed by atoms with Crippen LogP contribution in [0.5, 0.6) is 5.75 Å². The minimum absolute atomic E-state index is 0.0619. The zero-order valence-electron chi connectivity index (χ0n) is 12.5. The molecule has 23 heavy (non-hydrogen) atoms. The monoisotopic (exact) mass is 329 g/mol. The highest BCUT2D eigenvalue weighted by atomic mass is 32.2. The summed E-state index contributed by atoms with van der Waals surface area (Å²) in [6.07, 6.45) is 1.79. The van der Waals surface area contributed by atoms with Gasteiger partial charge in [0.25, 0.3) is 0 Å². The van der Waals surface area contributed by atoms with E-state index in [1.165, 1.54) is 23.9 Å². The summed E-state index contributed by atoms with van der Waals surface area (Å²) < 4.78 is 7.09. The number of aromatic nitrogens is 3. The maximum atomic E-state index is 11.7. The molecule has 0 aliphatic rings. The molecule has 0 fully saturated rings. The van der Waals surface area contributed by atoms with E-state index in [9.17, 15) is 9.90 Å². The van der Waals surface area contributed by atoms with Gasteiger partial charge in [0, 0.05) is 29.8 Å². The van der Waals surface area contributed by atoms with E-state index >= 15 is 0 Å². The van der Waals surface area contributed by atoms with Crippen LogP contribution in [-0.4, -0.2) is 19.9 Å². The molecule has 0 bridgehead atoms. The van der Waals surface area contributed by atoms with Gasteiger partial charge < -0.3 is 14.1 Å². The molecule has 0 saturated heterocycles. The van der Waals surface area contributed by atoms with Gasteiger partial charge in [-0.2, -0.15) is 0 Å². The van der Waals surface area contributed by atoms with Crippen molar-refractivity contribution < 1.29 is 9.52 Å². The average Bonchev–Trinajstić information content (AvgIpc) is 2.85. The van der Waals surface area contributed by atoms with Crippen molar-refractivity contribution in [3.05, 3.63) is 58.7 Å². The number of phenols is 1. The summed E-state index contributed by atoms with van der Waals surface area (Å²) in [5.74, 6) is 1.42. The van der Waals surface area contributed by atoms with Crippen LogP contribution in [0.2, 0.25) is 0 Å². The average molecular weight is 329 g/mol. The summed E-state index contributed by atoms with van der Waals surface area (Å²) in [4.78, 5) is 11.7. The van der Waals surface area contributed by atoms with E-state index in [1.54, 1.807) is 18.2 Å². The van der Waals surface area contributed by atoms with Gasteiger partial charge in [0.2, 0.25) is 0 Å². The van der Waals surface area contributed by atoms with Crippen molar-refractivity contribution in [1.82, 2.24) is 14.8 Å². The van der Waals surface area contributed by atoms with E-state index < -0.39 is 5.63 Å². The molecule has 0 amide bonds. The molecule has 0 saturated carbocycles. The molecule has 3 aromatic rings. The Morgan fingerprint density at radius 1 is 1.39 bits per heavy atom. The van der Waals surface area contributed by atoms with Crippen LogP contribution in [0, 0.1) is 6.92 Å². The quantitative estimate of drug-likeness (QED) is 0.440. The summed E-state index contributed by atoms with van der Waals surface area (Å²) in [5, 5.41) is 19.3. The topological polar surface area (TPSA) is 81.2 Å². The fourth-order valence-electron chi connectivity index (χ4n) is 2.29. The van der Waals surface area contributed by atoms with Crippen LogP contribution in [-0.2, 0) is 12.3 Å². The van der Waals surface area contributed by atoms with E-state index in [0.717, 1.165) is 21.9 Å². The summed E-state index contributed by atoms with van der Waals surface area (Å²) in [6, 6.07) is 6.22. The van der Waals surface area contributed by atoms with Crippen LogP contribution in [0.4, 0.5) is 0 Å². The van der Waals surface area contributed by atoms with Gasteiger partial charge in [0.05, 0.1) is 0 Å². The molecule has 3 rings (SSSR count). The third-order valence-electron chi connectivity index (χ3n) is 3.38. The first kappa shape index (κ1) is 15.4. The first-order chi connectivity index (χ1) is 11.1. The SMILES string of the molecule is C=CCn1c(C)nnc1SCc1cc(=O)oc2cc(O)ccc12. The molecule has 7 heteroatoms. The fraction of sp³-hybridized carbons (Fsp3) is 0.188. The first-order valence-electron chi connectivity index (χ1n) is 6.97. The number of thioether (sulfide) groups is 1. The predicted molar refractivity (Wildman–Crippen MR) is 88.7 cm³/mol. The highest BCUT2D eigenvalue weighted by Gasteiger charge is 2.11. The normalized spacial score (nSPS) is 11.0. The molecule has 2 aromatic heterocycles. The van der Waals surface area contributed by atoms with Crippen molar-refractivity contribution in [1.29, 1.82) is 0 Å². The number of aryl methyl sites for hydroxylation is 1. The molecule has 1 aromatic carbocycles. The molecular weight excluding hydrogens is 314 g/mol. The van der Waals surface area contributed by atoms with Gasteiger partial charge in [-0.25, -0.2) is 4.79 Å². The largest absolute Gasteiger partial charge is 0.508 e. The maximum absolute atomic E-state index is 11.7. The number of fused-ring (bicyclic) bond motifs is 1. The lowest BCUT2D eigenvalue weighted by molar-refractivity contribution is 0.473. The lowest BCUT2D eigenvalue weighted by Crippen LogP contribution is -2.02. The Balaban J connectivity index is 1.93. The Morgan fingerprint density at radius 2 is 2.22 bits per heavy atom. The first-order valence-corrected chi connectivity index (χ1v) is 7.96. The highest BCUT2D eigenvalue weighted by Crippen LogP contribution is 2.27. The van der Waals surface area contributed by atoms with Crippen LogP contribution < -0.4 is 5.63 Å². The third kappa shape index (κ3) is 3.14. The number of aromatic hydroxyl groups is 1. The number of allylic oxidation sites excluding steroid dienone is 1. The zero-order chi connectivity index (χ0) is 16.4. The van der Waals surface area contributed by atoms with Crippen molar-refractivity contribution in [2.24, 2.45) is 0 Å². The predicted octanol–water partition coefficient (Wildman–Crippen LogP) is 2.88. The molecule has 0 spiro atoms. The number of nitrogens with zero attached hydrogens (tertiary/aromatic N) is 3. The second kappa shape index (κ2) is 6.29. The van der Waals surface area contributed by atoms with Gasteiger partial charge in [-0.15, -0.1) is 16.8 Å². The Kier molecular flexibility index (Phi) is 4.20. The Morgan fingerprint density at radius 3 is 3.00 bits per heavy atom. The van der Waals surface area contributed by atoms with Crippen LogP contribution >= 0.6 is 11.8 Å². The molecule has 1 N–H and O–H groups in total. The maximum Gasteiger partial charge on any atom is 0.336 e. The molecular formula is C16H15N3O3S. The van der Waals surface area contributed by atoms with Gasteiger partial charge in [0.1, 0.15) is 17.2 Å². The number of benzene rings is 1. The van der Waals surface area contributed by atoms with Crippen LogP contribution in [0.25, 0.3) is 11.0 Å². The molecule has 0 aliphatic heterocycles. The lowest BCUT2D eigenvalue weighted by Gasteiger charge is -2.07. The Bertz CT molecular complexity index is 930. The molecule has 0 atom stereocenters. The number of phenolic OH excluding ortho intramolecular Hbond substituents is 1. The molecule has 0 aliphatic carbocycles. The van der Waals surface area contributed by atoms with E-state index in [2.05, 4.69) is 16.8 Å². The zero-order valence-corrected chi connectivity index (χ0v) is 13.3. The van der Waals surface area contributed by atoms with E-state index in [-0.39, 0.29) is 5.75 Å². The van der Waals surface area contributed by atoms with Crippen molar-refractivity contribution in [2.75, 3.05) is 0 Å². The van der Waals surface area contributed by atoms with Crippen molar-refractivity contribution in [3.63, 3.8) is 0 Å². The van der Waals surface area contributed by atoms with Gasteiger partial charge in [0.15, 0.2) is 5.16 Å². The van der Waals surface area contributed by atoms with Crippen molar-refractivity contribution in [2.45, 2.75) is 24.4 Å². The minimum Gasteiger partial charge on any atom is -0.508 e. The number of hydrogen-bond donors (Lipinski definition) is 1. The molecule has 0 unspecified atom stereocenters. The highest BCUT2D eigenvalue weighted by molar-refractivity contribution is 7.98. The Labute approximate surface area is 136 Å². The van der Waals surface area contributed by atoms with E-state index in [1.807, 2.05) is 11.5 Å². The summed E-state index contributed by atoms with van der Waals surface area (Å²) in [5.41, 5.74) is 0.756. The van der Waals surface area contributed by atoms with E-state index in [0.29, 0.717) is 17.9 Å². The Hall–Kier alpha value is -2.54. The van der Waals surface area contributed by atoms with Crippen LogP contribution in [0.3, 0.4) is 0 Å². The second-order valence-electron chi connectivity index (χ2n) is 4.99. The van der Waals surface area contributed by atoms with Crippen molar-refractivity contribution in [3.8, 4) is 5.75 Å². The fourth-order valence-corrected chi connectivity index (χ4v) is 3.27. The van der Waals surface area contributed by atoms with Crippen molar-refractivity contribution >= 4 is 22.7 Å². The minimum atomic E-state index is -0.442. The summed E-state index contributed by atoms with van der Waals surface area (Å²) in [7, 11) is 0. The van der Waals surface area contributed by atoms with Gasteiger partial charge >= 0.3 is 5.63 Å². The molecule has 118 valence electrons. The standard InChI is InChI=1S/C16H15N3O3S/c1-3-6-19-10(2)17-18-16(19)23-9-11-7-15(21)22-14-8-12(20)4-5-13(11)14/h3-5,7-8,20H,1,6,9H2,2H3. The summed E-state index contributed by atoms with van der Waals surface area (Å²) >= 11 is 1.49. The number of hydrogen-bond acceptors (Lipinski definition) is 6. The van der Waals surface area contributed by atoms with Gasteiger partial charge in [-0.1, -0.05) is 17.8 Å². The molecule has 0 radical (unpaired) electrons. The lowest BCUT2D eigenvalue weighted by atomic mass is 10.1. The molecule has 6 nitrogen and oxygen atoms in total. The smallest absolute Gasteiger partial charge is 0.336 e. The van der Waals surface area contributed by atoms with Gasteiger partial charge in [-0.3, -0.25) is 0 Å². The van der Waals surface area contributed by atoms with Crippen LogP contribution in [0.1, 0.15) is 11.4 Å². The van der Waals surface area contributed by atoms with Crippen LogP contribution in [0.15, 0.2) is 51.3 Å². The number of rotatable bonds is 5. The second-order valence-corrected chi connectivity index (χ2v) is 5.93. The molecule has 2 heterocycles. The van der Waals surface area contributed by atoms with Gasteiger partial charge in [-0.05, 0) is 24.6 Å². The van der Waals surface area contributed by atoms with E-state index in [4.69, 9.17) is 4.42 Å². The third-order valence-corrected chi connectivity index (χ3v) is 4.40. The summed E-state index contributed by atoms with van der Waals surface area (Å²) in [6.45, 7) is 6.25.